The molecule has 0 aliphatic carbocycles. The van der Waals surface area contributed by atoms with Gasteiger partial charge in [-0.05, 0) is 48.6 Å². The second kappa shape index (κ2) is 11.2. The Morgan fingerprint density at radius 3 is 2.00 bits per heavy atom. The number of halogens is 1. The molecule has 18 heavy (non-hydrogen) atoms. The molecule has 0 amide bonds. The van der Waals surface area contributed by atoms with Crippen LogP contribution in [0.5, 0.6) is 0 Å². The van der Waals surface area contributed by atoms with E-state index in [9.17, 15) is 0 Å². The first kappa shape index (κ1) is 16.5. The molecule has 1 aromatic rings. The fourth-order valence-electron chi connectivity index (χ4n) is 1.82. The molecule has 1 rings (SSSR count). The predicted molar refractivity (Wildman–Crippen MR) is 91.0 cm³/mol. The van der Waals surface area contributed by atoms with Gasteiger partial charge in [0.05, 0.1) is 0 Å². The second-order valence-electron chi connectivity index (χ2n) is 4.50. The Bertz CT molecular complexity index is 298. The van der Waals surface area contributed by atoms with Crippen LogP contribution < -0.4 is 0 Å². The quantitative estimate of drug-likeness (QED) is 0.299. The number of benzene rings is 1. The first-order valence-electron chi connectivity index (χ1n) is 6.82. The summed E-state index contributed by atoms with van der Waals surface area (Å²) in [5, 5.41) is 0. The van der Waals surface area contributed by atoms with Crippen LogP contribution in [0.25, 0.3) is 0 Å². The molecule has 0 nitrogen and oxygen atoms in total. The van der Waals surface area contributed by atoms with E-state index in [-0.39, 0.29) is 0 Å². The van der Waals surface area contributed by atoms with Gasteiger partial charge in [-0.3, -0.25) is 0 Å². The van der Waals surface area contributed by atoms with E-state index in [0.29, 0.717) is 0 Å². The Morgan fingerprint density at radius 1 is 0.833 bits per heavy atom. The zero-order valence-electron chi connectivity index (χ0n) is 10.9. The number of hydrogen-bond donors (Lipinski definition) is 1. The van der Waals surface area contributed by atoms with Crippen LogP contribution in [0, 0.1) is 0 Å². The van der Waals surface area contributed by atoms with E-state index in [4.69, 9.17) is 0 Å². The lowest BCUT2D eigenvalue weighted by Gasteiger charge is -2.03. The number of thiol groups is 1. The molecule has 0 heterocycles. The first-order valence-corrected chi connectivity index (χ1v) is 9.23. The Morgan fingerprint density at radius 2 is 1.39 bits per heavy atom. The second-order valence-corrected chi connectivity index (χ2v) is 7.03. The summed E-state index contributed by atoms with van der Waals surface area (Å²) in [7, 11) is 0. The Kier molecular flexibility index (Phi) is 10.3. The molecule has 0 atom stereocenters. The van der Waals surface area contributed by atoms with Gasteiger partial charge in [0.1, 0.15) is 0 Å². The highest BCUT2D eigenvalue weighted by Gasteiger charge is 1.95. The number of thioether (sulfide) groups is 1. The maximum absolute atomic E-state index is 4.23. The molecular weight excluding hydrogens is 324 g/mol. The summed E-state index contributed by atoms with van der Waals surface area (Å²) < 4.78 is 1.16. The van der Waals surface area contributed by atoms with Crippen molar-refractivity contribution in [1.82, 2.24) is 0 Å². The summed E-state index contributed by atoms with van der Waals surface area (Å²) in [6.45, 7) is 0. The van der Waals surface area contributed by atoms with Crippen molar-refractivity contribution in [1.29, 1.82) is 0 Å². The molecular formula is C15H23BrS2. The van der Waals surface area contributed by atoms with Gasteiger partial charge >= 0.3 is 0 Å². The van der Waals surface area contributed by atoms with Gasteiger partial charge in [-0.2, -0.15) is 12.6 Å². The van der Waals surface area contributed by atoms with E-state index in [1.165, 1.54) is 55.6 Å². The predicted octanol–water partition coefficient (Wildman–Crippen LogP) is 6.20. The minimum atomic E-state index is 1.05. The lowest BCUT2D eigenvalue weighted by Crippen LogP contribution is -1.84. The van der Waals surface area contributed by atoms with Gasteiger partial charge < -0.3 is 0 Å². The van der Waals surface area contributed by atoms with Gasteiger partial charge in [-0.1, -0.05) is 48.0 Å². The number of hydrogen-bond acceptors (Lipinski definition) is 2. The minimum Gasteiger partial charge on any atom is -0.179 e. The van der Waals surface area contributed by atoms with Crippen molar-refractivity contribution >= 4 is 40.3 Å². The topological polar surface area (TPSA) is 0 Å². The molecule has 0 aliphatic rings. The maximum Gasteiger partial charge on any atom is 0.0176 e. The van der Waals surface area contributed by atoms with Gasteiger partial charge in [0.25, 0.3) is 0 Å². The van der Waals surface area contributed by atoms with Crippen molar-refractivity contribution in [2.24, 2.45) is 0 Å². The molecule has 0 aromatic heterocycles. The van der Waals surface area contributed by atoms with Crippen LogP contribution in [0.2, 0.25) is 0 Å². The monoisotopic (exact) mass is 346 g/mol. The van der Waals surface area contributed by atoms with Crippen molar-refractivity contribution in [3.63, 3.8) is 0 Å². The fourth-order valence-corrected chi connectivity index (χ4v) is 3.22. The SMILES string of the molecule is SCCCCCCCCCSc1ccc(Br)cc1. The number of rotatable bonds is 10. The highest BCUT2D eigenvalue weighted by Crippen LogP contribution is 2.22. The molecule has 0 radical (unpaired) electrons. The summed E-state index contributed by atoms with van der Waals surface area (Å²) in [4.78, 5) is 1.38. The lowest BCUT2D eigenvalue weighted by molar-refractivity contribution is 0.605. The van der Waals surface area contributed by atoms with Crippen molar-refractivity contribution in [3.8, 4) is 0 Å². The molecule has 0 fully saturated rings. The molecule has 3 heteroatoms. The highest BCUT2D eigenvalue weighted by atomic mass is 79.9. The van der Waals surface area contributed by atoms with Crippen LogP contribution in [-0.2, 0) is 0 Å². The summed E-state index contributed by atoms with van der Waals surface area (Å²) in [5.74, 6) is 2.29. The normalized spacial score (nSPS) is 10.8. The molecule has 0 saturated heterocycles. The van der Waals surface area contributed by atoms with Crippen LogP contribution in [0.3, 0.4) is 0 Å². The standard InChI is InChI=1S/C15H23BrS2/c16-14-8-10-15(11-9-14)18-13-7-5-3-1-2-4-6-12-17/h8-11,17H,1-7,12-13H2. The molecule has 0 bridgehead atoms. The van der Waals surface area contributed by atoms with Crippen LogP contribution in [0.4, 0.5) is 0 Å². The summed E-state index contributed by atoms with van der Waals surface area (Å²) in [5.41, 5.74) is 0. The smallest absolute Gasteiger partial charge is 0.0176 e. The third kappa shape index (κ3) is 8.49. The van der Waals surface area contributed by atoms with Crippen LogP contribution in [-0.4, -0.2) is 11.5 Å². The van der Waals surface area contributed by atoms with E-state index in [2.05, 4.69) is 52.8 Å². The molecule has 1 aromatic carbocycles. The number of unbranched alkanes of at least 4 members (excludes halogenated alkanes) is 6. The van der Waals surface area contributed by atoms with Crippen molar-refractivity contribution < 1.29 is 0 Å². The zero-order valence-corrected chi connectivity index (χ0v) is 14.2. The molecule has 0 aliphatic heterocycles. The third-order valence-electron chi connectivity index (χ3n) is 2.88. The van der Waals surface area contributed by atoms with Crippen LogP contribution in [0.1, 0.15) is 44.9 Å². The fraction of sp³-hybridized carbons (Fsp3) is 0.600. The maximum atomic E-state index is 4.23. The molecule has 0 unspecified atom stereocenters. The largest absolute Gasteiger partial charge is 0.179 e. The molecule has 0 spiro atoms. The average molecular weight is 347 g/mol. The summed E-state index contributed by atoms with van der Waals surface area (Å²) >= 11 is 9.66. The van der Waals surface area contributed by atoms with Crippen molar-refractivity contribution in [3.05, 3.63) is 28.7 Å². The first-order chi connectivity index (χ1) is 8.83. The lowest BCUT2D eigenvalue weighted by atomic mass is 10.1. The van der Waals surface area contributed by atoms with E-state index < -0.39 is 0 Å². The van der Waals surface area contributed by atoms with E-state index in [1.807, 2.05) is 11.8 Å². The van der Waals surface area contributed by atoms with Gasteiger partial charge in [-0.15, -0.1) is 11.8 Å². The van der Waals surface area contributed by atoms with Crippen molar-refractivity contribution in [2.75, 3.05) is 11.5 Å². The van der Waals surface area contributed by atoms with Gasteiger partial charge in [0.15, 0.2) is 0 Å². The average Bonchev–Trinajstić information content (AvgIpc) is 2.39. The third-order valence-corrected chi connectivity index (χ3v) is 4.83. The Labute approximate surface area is 130 Å². The van der Waals surface area contributed by atoms with Gasteiger partial charge in [0.2, 0.25) is 0 Å². The Balaban J connectivity index is 1.91. The van der Waals surface area contributed by atoms with Crippen LogP contribution >= 0.6 is 40.3 Å². The molecule has 102 valence electrons. The van der Waals surface area contributed by atoms with E-state index in [0.717, 1.165) is 10.2 Å². The Hall–Kier alpha value is 0.400. The summed E-state index contributed by atoms with van der Waals surface area (Å²) in [6.07, 6.45) is 9.54. The van der Waals surface area contributed by atoms with Crippen molar-refractivity contribution in [2.45, 2.75) is 49.8 Å². The zero-order chi connectivity index (χ0) is 13.1. The highest BCUT2D eigenvalue weighted by molar-refractivity contribution is 9.10. The molecule has 0 N–H and O–H groups in total. The minimum absolute atomic E-state index is 1.05. The van der Waals surface area contributed by atoms with E-state index >= 15 is 0 Å². The van der Waals surface area contributed by atoms with Crippen LogP contribution in [0.15, 0.2) is 33.6 Å². The molecule has 0 saturated carbocycles. The van der Waals surface area contributed by atoms with Gasteiger partial charge in [0, 0.05) is 9.37 Å². The summed E-state index contributed by atoms with van der Waals surface area (Å²) in [6, 6.07) is 8.60. The van der Waals surface area contributed by atoms with E-state index in [1.54, 1.807) is 0 Å². The van der Waals surface area contributed by atoms with Gasteiger partial charge in [-0.25, -0.2) is 0 Å².